The molecule has 2 aromatic heterocycles. The molecule has 2 aliphatic rings. The highest BCUT2D eigenvalue weighted by Gasteiger charge is 2.31. The number of fused-ring (bicyclic) bond motifs is 1. The van der Waals surface area contributed by atoms with Crippen LogP contribution in [0.1, 0.15) is 17.2 Å². The number of pyridine rings is 2. The molecule has 1 saturated heterocycles. The van der Waals surface area contributed by atoms with Gasteiger partial charge >= 0.3 is 0 Å². The molecule has 0 bridgehead atoms. The number of nitrogens with zero attached hydrogens (tertiary/aromatic N) is 4. The summed E-state index contributed by atoms with van der Waals surface area (Å²) >= 11 is 6.59. The summed E-state index contributed by atoms with van der Waals surface area (Å²) in [6, 6.07) is 8.62. The van der Waals surface area contributed by atoms with Crippen LogP contribution in [0.4, 0.5) is 34.6 Å². The zero-order valence-electron chi connectivity index (χ0n) is 20.9. The molecule has 9 nitrogen and oxygen atoms in total. The molecule has 2 aromatic carbocycles. The fourth-order valence-electron chi connectivity index (χ4n) is 4.49. The number of nitriles is 1. The lowest BCUT2D eigenvalue weighted by molar-refractivity contribution is -0.0635. The van der Waals surface area contributed by atoms with Gasteiger partial charge < -0.3 is 20.8 Å². The zero-order chi connectivity index (χ0) is 28.7. The van der Waals surface area contributed by atoms with Crippen LogP contribution in [0.3, 0.4) is 0 Å². The predicted octanol–water partition coefficient (Wildman–Crippen LogP) is 5.17. The maximum absolute atomic E-state index is 15.1. The maximum Gasteiger partial charge on any atom is 0.249 e. The molecule has 14 heteroatoms. The van der Waals surface area contributed by atoms with Crippen LogP contribution >= 0.6 is 11.6 Å². The Morgan fingerprint density at radius 2 is 1.88 bits per heavy atom. The van der Waals surface area contributed by atoms with Crippen molar-refractivity contribution in [1.29, 1.82) is 5.26 Å². The number of hydrogen-bond donors (Lipinski definition) is 4. The van der Waals surface area contributed by atoms with Crippen molar-refractivity contribution >= 4 is 39.6 Å². The Labute approximate surface area is 235 Å². The topological polar surface area (TPSA) is 110 Å². The summed E-state index contributed by atoms with van der Waals surface area (Å²) in [5.74, 6) is -3.94. The molecule has 4 heterocycles. The minimum atomic E-state index is -1.27. The molecule has 0 spiro atoms. The Balaban J connectivity index is 1.43. The van der Waals surface area contributed by atoms with Crippen molar-refractivity contribution < 1.29 is 22.3 Å². The van der Waals surface area contributed by atoms with E-state index in [-0.39, 0.29) is 33.6 Å². The van der Waals surface area contributed by atoms with E-state index in [0.717, 1.165) is 24.4 Å². The van der Waals surface area contributed by atoms with Gasteiger partial charge in [0.15, 0.2) is 5.82 Å². The van der Waals surface area contributed by atoms with Crippen LogP contribution in [0.5, 0.6) is 0 Å². The van der Waals surface area contributed by atoms with Crippen molar-refractivity contribution in [3.8, 4) is 6.07 Å². The summed E-state index contributed by atoms with van der Waals surface area (Å²) in [5, 5.41) is 18.2. The average Bonchev–Trinajstić information content (AvgIpc) is 3.38. The number of anilines is 3. The largest absolute Gasteiger partial charge is 0.377 e. The molecule has 41 heavy (non-hydrogen) atoms. The summed E-state index contributed by atoms with van der Waals surface area (Å²) in [6.07, 6.45) is 4.13. The van der Waals surface area contributed by atoms with Gasteiger partial charge in [0.25, 0.3) is 0 Å². The quantitative estimate of drug-likeness (QED) is 0.173. The summed E-state index contributed by atoms with van der Waals surface area (Å²) in [6.45, 7) is 1.03. The monoisotopic (exact) mass is 582 g/mol. The Morgan fingerprint density at radius 1 is 1.05 bits per heavy atom. The summed E-state index contributed by atoms with van der Waals surface area (Å²) in [7, 11) is 0. The molecule has 0 amide bonds. The third-order valence-corrected chi connectivity index (χ3v) is 6.92. The van der Waals surface area contributed by atoms with Gasteiger partial charge in [-0.25, -0.2) is 18.2 Å². The van der Waals surface area contributed by atoms with Crippen LogP contribution in [-0.2, 0) is 4.74 Å². The fourth-order valence-corrected chi connectivity index (χ4v) is 4.76. The number of benzene rings is 2. The number of rotatable bonds is 7. The molecule has 1 atom stereocenters. The smallest absolute Gasteiger partial charge is 0.249 e. The Morgan fingerprint density at radius 3 is 2.59 bits per heavy atom. The molecule has 0 aliphatic carbocycles. The Kier molecular flexibility index (Phi) is 6.96. The third kappa shape index (κ3) is 5.16. The minimum absolute atomic E-state index is 0.0729. The van der Waals surface area contributed by atoms with Crippen LogP contribution in [0.25, 0.3) is 10.9 Å². The van der Waals surface area contributed by atoms with Gasteiger partial charge in [-0.1, -0.05) is 17.7 Å². The van der Waals surface area contributed by atoms with Crippen LogP contribution in [0.2, 0.25) is 5.02 Å². The van der Waals surface area contributed by atoms with Crippen molar-refractivity contribution in [2.24, 2.45) is 0 Å². The lowest BCUT2D eigenvalue weighted by atomic mass is 10.0. The van der Waals surface area contributed by atoms with Crippen LogP contribution in [0.15, 0.2) is 60.7 Å². The number of halogens is 5. The highest BCUT2D eigenvalue weighted by atomic mass is 35.5. The van der Waals surface area contributed by atoms with Gasteiger partial charge in [0.2, 0.25) is 5.95 Å². The second-order valence-corrected chi connectivity index (χ2v) is 9.70. The first-order valence-electron chi connectivity index (χ1n) is 12.2. The first kappa shape index (κ1) is 26.6. The number of aromatic nitrogens is 2. The molecule has 0 saturated carbocycles. The van der Waals surface area contributed by atoms with E-state index in [2.05, 4.69) is 31.6 Å². The summed E-state index contributed by atoms with van der Waals surface area (Å²) in [4.78, 5) is 7.66. The second-order valence-electron chi connectivity index (χ2n) is 9.30. The van der Waals surface area contributed by atoms with Crippen molar-refractivity contribution in [1.82, 2.24) is 25.9 Å². The van der Waals surface area contributed by atoms with E-state index in [9.17, 15) is 18.4 Å². The lowest BCUT2D eigenvalue weighted by Crippen LogP contribution is -2.52. The average molecular weight is 583 g/mol. The van der Waals surface area contributed by atoms with E-state index in [1.54, 1.807) is 23.3 Å². The standard InChI is InChI=1S/C27H19ClF4N8O/c28-20-5-15(4-19-24(13(7-33)8-34-25(19)20)37-16-6-22(31)27(32)35-9-16)36-26(18-2-1-14(29)3-21(18)30)23-10-40(39-38-23)17-11-41-12-17/h1-6,8-10,17,26,36,38-39H,11-12H2,(H,34,37)/t26-/m0/s1. The maximum atomic E-state index is 15.1. The SMILES string of the molecule is N#Cc1cnc2c(Cl)cc(N[C@H](C3=CN(C4COC4)NN3)c3ccc(F)cc3F)cc2c1Nc1cnc(F)c(F)c1. The molecule has 4 aromatic rings. The minimum Gasteiger partial charge on any atom is -0.377 e. The van der Waals surface area contributed by atoms with E-state index in [1.807, 2.05) is 6.07 Å². The highest BCUT2D eigenvalue weighted by Crippen LogP contribution is 2.37. The number of ether oxygens (including phenoxy) is 1. The van der Waals surface area contributed by atoms with E-state index < -0.39 is 29.4 Å². The van der Waals surface area contributed by atoms with Crippen molar-refractivity contribution in [3.63, 3.8) is 0 Å². The zero-order valence-corrected chi connectivity index (χ0v) is 21.6. The fraction of sp³-hybridized carbons (Fsp3) is 0.148. The van der Waals surface area contributed by atoms with Gasteiger partial charge in [-0.2, -0.15) is 9.65 Å². The highest BCUT2D eigenvalue weighted by molar-refractivity contribution is 6.36. The molecular formula is C27H19ClF4N8O. The molecule has 4 N–H and O–H groups in total. The molecular weight excluding hydrogens is 564 g/mol. The van der Waals surface area contributed by atoms with E-state index in [4.69, 9.17) is 16.3 Å². The molecule has 0 radical (unpaired) electrons. The molecule has 2 aliphatic heterocycles. The van der Waals surface area contributed by atoms with Gasteiger partial charge in [0, 0.05) is 41.2 Å². The van der Waals surface area contributed by atoms with Gasteiger partial charge in [-0.3, -0.25) is 9.99 Å². The normalized spacial score (nSPS) is 15.6. The van der Waals surface area contributed by atoms with E-state index in [0.29, 0.717) is 35.5 Å². The molecule has 0 unspecified atom stereocenters. The van der Waals surface area contributed by atoms with Crippen molar-refractivity contribution in [3.05, 3.63) is 100 Å². The number of hydrazine groups is 2. The van der Waals surface area contributed by atoms with E-state index in [1.165, 1.54) is 12.3 Å². The number of nitrogens with one attached hydrogen (secondary N) is 4. The lowest BCUT2D eigenvalue weighted by Gasteiger charge is -2.33. The van der Waals surface area contributed by atoms with Gasteiger partial charge in [-0.15, -0.1) is 5.53 Å². The predicted molar refractivity (Wildman–Crippen MR) is 142 cm³/mol. The van der Waals surface area contributed by atoms with Gasteiger partial charge in [-0.05, 0) is 18.2 Å². The summed E-state index contributed by atoms with van der Waals surface area (Å²) in [5.41, 5.74) is 7.81. The summed E-state index contributed by atoms with van der Waals surface area (Å²) < 4.78 is 61.3. The first-order chi connectivity index (χ1) is 19.8. The van der Waals surface area contributed by atoms with Crippen molar-refractivity contribution in [2.75, 3.05) is 23.8 Å². The van der Waals surface area contributed by atoms with Crippen molar-refractivity contribution in [2.45, 2.75) is 12.1 Å². The Bertz CT molecular complexity index is 1740. The van der Waals surface area contributed by atoms with E-state index >= 15 is 4.39 Å². The Hall–Kier alpha value is -4.64. The first-order valence-corrected chi connectivity index (χ1v) is 12.6. The molecule has 208 valence electrons. The van der Waals surface area contributed by atoms with Crippen LogP contribution < -0.4 is 21.6 Å². The van der Waals surface area contributed by atoms with Gasteiger partial charge in [0.05, 0.1) is 64.7 Å². The second kappa shape index (κ2) is 10.7. The van der Waals surface area contributed by atoms with Crippen LogP contribution in [0, 0.1) is 34.7 Å². The van der Waals surface area contributed by atoms with Gasteiger partial charge in [0.1, 0.15) is 17.7 Å². The third-order valence-electron chi connectivity index (χ3n) is 6.63. The molecule has 1 fully saturated rings. The number of hydrogen-bond acceptors (Lipinski definition) is 9. The molecule has 6 rings (SSSR count). The van der Waals surface area contributed by atoms with Crippen LogP contribution in [-0.4, -0.2) is 34.2 Å².